The van der Waals surface area contributed by atoms with Gasteiger partial charge in [0.1, 0.15) is 5.52 Å². The average Bonchev–Trinajstić information content (AvgIpc) is 2.71. The van der Waals surface area contributed by atoms with Crippen molar-refractivity contribution in [2.24, 2.45) is 11.1 Å². The molecule has 0 unspecified atom stereocenters. The number of hydrogen-bond donors (Lipinski definition) is 1. The molecule has 3 heteroatoms. The third-order valence-corrected chi connectivity index (χ3v) is 3.50. The Labute approximate surface area is 108 Å². The van der Waals surface area contributed by atoms with E-state index in [0.29, 0.717) is 0 Å². The lowest BCUT2D eigenvalue weighted by atomic mass is 9.84. The van der Waals surface area contributed by atoms with Gasteiger partial charge in [-0.2, -0.15) is 0 Å². The summed E-state index contributed by atoms with van der Waals surface area (Å²) in [6, 6.07) is 6.04. The summed E-state index contributed by atoms with van der Waals surface area (Å²) in [5, 5.41) is 0. The van der Waals surface area contributed by atoms with Crippen LogP contribution < -0.4 is 5.73 Å². The zero-order valence-corrected chi connectivity index (χ0v) is 11.5. The molecule has 0 spiro atoms. The van der Waals surface area contributed by atoms with Gasteiger partial charge < -0.3 is 10.2 Å². The van der Waals surface area contributed by atoms with Gasteiger partial charge in [-0.1, -0.05) is 26.0 Å². The van der Waals surface area contributed by atoms with Crippen LogP contribution in [0.4, 0.5) is 0 Å². The van der Waals surface area contributed by atoms with Gasteiger partial charge in [-0.3, -0.25) is 0 Å². The van der Waals surface area contributed by atoms with Gasteiger partial charge >= 0.3 is 0 Å². The van der Waals surface area contributed by atoms with E-state index in [0.717, 1.165) is 42.8 Å². The van der Waals surface area contributed by atoms with Gasteiger partial charge in [0.15, 0.2) is 11.5 Å². The molecule has 0 atom stereocenters. The second kappa shape index (κ2) is 5.11. The zero-order valence-electron chi connectivity index (χ0n) is 11.5. The summed E-state index contributed by atoms with van der Waals surface area (Å²) in [5.74, 6) is 0.837. The van der Waals surface area contributed by atoms with E-state index < -0.39 is 0 Å². The van der Waals surface area contributed by atoms with Crippen LogP contribution in [0.25, 0.3) is 11.1 Å². The molecule has 1 aromatic carbocycles. The Morgan fingerprint density at radius 1 is 1.28 bits per heavy atom. The number of hydrogen-bond acceptors (Lipinski definition) is 3. The van der Waals surface area contributed by atoms with Gasteiger partial charge in [-0.15, -0.1) is 0 Å². The number of nitrogens with zero attached hydrogens (tertiary/aromatic N) is 1. The van der Waals surface area contributed by atoms with E-state index in [9.17, 15) is 0 Å². The number of oxazole rings is 1. The monoisotopic (exact) mass is 246 g/mol. The molecule has 0 aliphatic rings. The first-order chi connectivity index (χ1) is 8.52. The van der Waals surface area contributed by atoms with Gasteiger partial charge in [-0.05, 0) is 43.4 Å². The summed E-state index contributed by atoms with van der Waals surface area (Å²) in [6.45, 7) is 7.29. The highest BCUT2D eigenvalue weighted by atomic mass is 16.3. The molecule has 1 aromatic heterocycles. The first-order valence-electron chi connectivity index (χ1n) is 6.57. The molecule has 1 heterocycles. The van der Waals surface area contributed by atoms with Crippen molar-refractivity contribution in [2.45, 2.75) is 40.0 Å². The Morgan fingerprint density at radius 2 is 2.06 bits per heavy atom. The minimum absolute atomic E-state index is 0.254. The maximum atomic E-state index is 5.78. The maximum absolute atomic E-state index is 5.78. The Hall–Kier alpha value is -1.35. The molecule has 98 valence electrons. The van der Waals surface area contributed by atoms with Crippen LogP contribution in [0.2, 0.25) is 0 Å². The van der Waals surface area contributed by atoms with E-state index in [2.05, 4.69) is 31.8 Å². The molecule has 0 aliphatic carbocycles. The summed E-state index contributed by atoms with van der Waals surface area (Å²) in [5.41, 5.74) is 8.93. The molecule has 0 radical (unpaired) electrons. The summed E-state index contributed by atoms with van der Waals surface area (Å²) in [7, 11) is 0. The molecule has 0 bridgehead atoms. The molecular formula is C15H22N2O. The van der Waals surface area contributed by atoms with Crippen molar-refractivity contribution < 1.29 is 4.42 Å². The predicted octanol–water partition coefficient (Wildman–Crippen LogP) is 3.44. The third-order valence-electron chi connectivity index (χ3n) is 3.50. The largest absolute Gasteiger partial charge is 0.441 e. The van der Waals surface area contributed by atoms with Crippen LogP contribution in [-0.2, 0) is 6.42 Å². The van der Waals surface area contributed by atoms with Crippen molar-refractivity contribution in [1.82, 2.24) is 4.98 Å². The minimum atomic E-state index is 0.254. The van der Waals surface area contributed by atoms with Crippen molar-refractivity contribution >= 4 is 11.1 Å². The molecule has 18 heavy (non-hydrogen) atoms. The zero-order chi connectivity index (χ0) is 13.2. The van der Waals surface area contributed by atoms with Crippen LogP contribution >= 0.6 is 0 Å². The molecular weight excluding hydrogens is 224 g/mol. The van der Waals surface area contributed by atoms with Crippen molar-refractivity contribution in [2.75, 3.05) is 6.54 Å². The van der Waals surface area contributed by atoms with Crippen LogP contribution in [-0.4, -0.2) is 11.5 Å². The van der Waals surface area contributed by atoms with Gasteiger partial charge in [0.25, 0.3) is 0 Å². The van der Waals surface area contributed by atoms with Gasteiger partial charge in [0.05, 0.1) is 0 Å². The van der Waals surface area contributed by atoms with E-state index in [1.807, 2.05) is 12.1 Å². The van der Waals surface area contributed by atoms with E-state index in [-0.39, 0.29) is 5.41 Å². The first kappa shape index (κ1) is 13.1. The highest BCUT2D eigenvalue weighted by Gasteiger charge is 2.18. The Morgan fingerprint density at radius 3 is 2.72 bits per heavy atom. The van der Waals surface area contributed by atoms with Gasteiger partial charge in [-0.25, -0.2) is 4.98 Å². The maximum Gasteiger partial charge on any atom is 0.195 e. The van der Waals surface area contributed by atoms with Crippen molar-refractivity contribution in [3.8, 4) is 0 Å². The van der Waals surface area contributed by atoms with E-state index in [1.54, 1.807) is 0 Å². The number of aromatic nitrogens is 1. The topological polar surface area (TPSA) is 52.0 Å². The third kappa shape index (κ3) is 2.91. The fourth-order valence-electron chi connectivity index (χ4n) is 2.20. The lowest BCUT2D eigenvalue weighted by Gasteiger charge is -2.22. The number of rotatable bonds is 5. The average molecular weight is 246 g/mol. The molecule has 0 saturated carbocycles. The summed E-state index contributed by atoms with van der Waals surface area (Å²) >= 11 is 0. The minimum Gasteiger partial charge on any atom is -0.441 e. The van der Waals surface area contributed by atoms with Crippen molar-refractivity contribution in [3.05, 3.63) is 29.7 Å². The normalized spacial score (nSPS) is 12.2. The molecule has 2 N–H and O–H groups in total. The summed E-state index contributed by atoms with van der Waals surface area (Å²) in [4.78, 5) is 4.58. The predicted molar refractivity (Wildman–Crippen MR) is 74.5 cm³/mol. The molecule has 2 rings (SSSR count). The lowest BCUT2D eigenvalue weighted by molar-refractivity contribution is 0.302. The SMILES string of the molecule is Cc1cccc2oc(CCC(C)(C)CCN)nc12. The fourth-order valence-corrected chi connectivity index (χ4v) is 2.20. The highest BCUT2D eigenvalue weighted by molar-refractivity contribution is 5.76. The quantitative estimate of drug-likeness (QED) is 0.879. The van der Waals surface area contributed by atoms with Crippen LogP contribution in [0.15, 0.2) is 22.6 Å². The number of aryl methyl sites for hydroxylation is 2. The lowest BCUT2D eigenvalue weighted by Crippen LogP contribution is -2.17. The summed E-state index contributed by atoms with van der Waals surface area (Å²) in [6.07, 6.45) is 2.96. The molecule has 0 aliphatic heterocycles. The van der Waals surface area contributed by atoms with Crippen LogP contribution in [0.5, 0.6) is 0 Å². The van der Waals surface area contributed by atoms with Gasteiger partial charge in [0.2, 0.25) is 0 Å². The fraction of sp³-hybridized carbons (Fsp3) is 0.533. The molecule has 0 amide bonds. The van der Waals surface area contributed by atoms with Crippen LogP contribution in [0.1, 0.15) is 38.1 Å². The number of fused-ring (bicyclic) bond motifs is 1. The molecule has 0 saturated heterocycles. The Bertz CT molecular complexity index is 528. The number of benzene rings is 1. The van der Waals surface area contributed by atoms with Crippen LogP contribution in [0.3, 0.4) is 0 Å². The Kier molecular flexibility index (Phi) is 3.71. The molecule has 0 fully saturated rings. The van der Waals surface area contributed by atoms with Gasteiger partial charge in [0, 0.05) is 6.42 Å². The first-order valence-corrected chi connectivity index (χ1v) is 6.57. The van der Waals surface area contributed by atoms with Crippen molar-refractivity contribution in [3.63, 3.8) is 0 Å². The second-order valence-corrected chi connectivity index (χ2v) is 5.73. The smallest absolute Gasteiger partial charge is 0.195 e. The number of para-hydroxylation sites is 1. The summed E-state index contributed by atoms with van der Waals surface area (Å²) < 4.78 is 5.78. The number of nitrogens with two attached hydrogens (primary N) is 1. The molecule has 3 nitrogen and oxygen atoms in total. The van der Waals surface area contributed by atoms with E-state index >= 15 is 0 Å². The van der Waals surface area contributed by atoms with Crippen LogP contribution in [0, 0.1) is 12.3 Å². The standard InChI is InChI=1S/C15H22N2O/c1-11-5-4-6-12-14(11)17-13(18-12)7-8-15(2,3)9-10-16/h4-6H,7-10,16H2,1-3H3. The second-order valence-electron chi connectivity index (χ2n) is 5.73. The highest BCUT2D eigenvalue weighted by Crippen LogP contribution is 2.27. The molecule has 2 aromatic rings. The van der Waals surface area contributed by atoms with Crippen molar-refractivity contribution in [1.29, 1.82) is 0 Å². The van der Waals surface area contributed by atoms with E-state index in [4.69, 9.17) is 10.2 Å². The Balaban J connectivity index is 2.11. The van der Waals surface area contributed by atoms with E-state index in [1.165, 1.54) is 5.56 Å².